The number of sulfonamides is 1. The van der Waals surface area contributed by atoms with E-state index in [2.05, 4.69) is 21.8 Å². The van der Waals surface area contributed by atoms with Crippen LogP contribution in [0.3, 0.4) is 0 Å². The van der Waals surface area contributed by atoms with Gasteiger partial charge in [0.25, 0.3) is 0 Å². The molecule has 0 bridgehead atoms. The van der Waals surface area contributed by atoms with Crippen molar-refractivity contribution in [3.8, 4) is 11.8 Å². The van der Waals surface area contributed by atoms with Gasteiger partial charge in [0, 0.05) is 30.7 Å². The van der Waals surface area contributed by atoms with Crippen LogP contribution in [0.2, 0.25) is 5.02 Å². The van der Waals surface area contributed by atoms with Crippen molar-refractivity contribution in [1.29, 1.82) is 0 Å². The lowest BCUT2D eigenvalue weighted by atomic mass is 10.1. The normalized spacial score (nSPS) is 13.2. The molecule has 4 rings (SSSR count). The van der Waals surface area contributed by atoms with Crippen LogP contribution in [-0.2, 0) is 30.2 Å². The van der Waals surface area contributed by atoms with Gasteiger partial charge in [0.15, 0.2) is 0 Å². The number of aryl methyl sites for hydroxylation is 1. The monoisotopic (exact) mass is 412 g/mol. The van der Waals surface area contributed by atoms with Crippen LogP contribution in [0.25, 0.3) is 0 Å². The van der Waals surface area contributed by atoms with Crippen LogP contribution in [0, 0.1) is 11.8 Å². The Hall–Kier alpha value is -2.79. The largest absolute Gasteiger partial charge is 0.347 e. The van der Waals surface area contributed by atoms with Crippen LogP contribution in [0.1, 0.15) is 22.3 Å². The molecule has 2 N–H and O–H groups in total. The summed E-state index contributed by atoms with van der Waals surface area (Å²) >= 11 is 6.11. The lowest BCUT2D eigenvalue weighted by Crippen LogP contribution is -2.19. The zero-order chi connectivity index (χ0) is 19.9. The van der Waals surface area contributed by atoms with Crippen molar-refractivity contribution in [3.05, 3.63) is 75.9 Å². The quantitative estimate of drug-likeness (QED) is 0.656. The number of fused-ring (bicyclic) bond motifs is 1. The van der Waals surface area contributed by atoms with Crippen molar-refractivity contribution >= 4 is 27.4 Å². The fourth-order valence-electron chi connectivity index (χ4n) is 3.27. The summed E-state index contributed by atoms with van der Waals surface area (Å²) in [4.78, 5) is 2.27. The maximum absolute atomic E-state index is 11.3. The van der Waals surface area contributed by atoms with Gasteiger partial charge in [-0.2, -0.15) is 5.10 Å². The van der Waals surface area contributed by atoms with Gasteiger partial charge in [-0.25, -0.2) is 13.6 Å². The second-order valence-corrected chi connectivity index (χ2v) is 8.59. The molecule has 8 heteroatoms. The number of benzene rings is 2. The van der Waals surface area contributed by atoms with Gasteiger partial charge in [0.1, 0.15) is 5.82 Å². The molecule has 0 fully saturated rings. The molecule has 0 saturated carbocycles. The molecule has 0 unspecified atom stereocenters. The first-order valence-corrected chi connectivity index (χ1v) is 10.4. The van der Waals surface area contributed by atoms with E-state index in [9.17, 15) is 8.42 Å². The van der Waals surface area contributed by atoms with Crippen molar-refractivity contribution in [2.45, 2.75) is 18.0 Å². The third-order valence-electron chi connectivity index (χ3n) is 4.62. The van der Waals surface area contributed by atoms with E-state index in [1.807, 2.05) is 29.9 Å². The summed E-state index contributed by atoms with van der Waals surface area (Å²) in [7, 11) is -1.82. The van der Waals surface area contributed by atoms with Crippen molar-refractivity contribution in [2.24, 2.45) is 12.2 Å². The molecule has 6 nitrogen and oxygen atoms in total. The first kappa shape index (κ1) is 18.6. The van der Waals surface area contributed by atoms with E-state index in [1.165, 1.54) is 23.3 Å². The topological polar surface area (TPSA) is 81.2 Å². The lowest BCUT2D eigenvalue weighted by molar-refractivity contribution is 0.598. The summed E-state index contributed by atoms with van der Waals surface area (Å²) in [5, 5.41) is 10.2. The number of halogens is 1. The van der Waals surface area contributed by atoms with Crippen molar-refractivity contribution in [1.82, 2.24) is 9.78 Å². The Balaban J connectivity index is 1.61. The molecule has 1 aliphatic rings. The summed E-state index contributed by atoms with van der Waals surface area (Å²) < 4.78 is 24.5. The average molecular weight is 413 g/mol. The molecule has 0 atom stereocenters. The van der Waals surface area contributed by atoms with E-state index >= 15 is 0 Å². The van der Waals surface area contributed by atoms with Crippen molar-refractivity contribution in [3.63, 3.8) is 0 Å². The van der Waals surface area contributed by atoms with Crippen LogP contribution < -0.4 is 10.0 Å². The number of rotatable bonds is 2. The number of primary sulfonamides is 1. The first-order chi connectivity index (χ1) is 13.3. The Bertz CT molecular complexity index is 1220. The molecule has 2 aromatic carbocycles. The van der Waals surface area contributed by atoms with Gasteiger partial charge in [-0.15, -0.1) is 0 Å². The molecule has 2 heterocycles. The Morgan fingerprint density at radius 1 is 1.07 bits per heavy atom. The van der Waals surface area contributed by atoms with Gasteiger partial charge in [-0.3, -0.25) is 4.68 Å². The summed E-state index contributed by atoms with van der Waals surface area (Å²) in [6.45, 7) is 1.51. The number of hydrogen-bond acceptors (Lipinski definition) is 4. The van der Waals surface area contributed by atoms with Gasteiger partial charge in [0.05, 0.1) is 16.7 Å². The van der Waals surface area contributed by atoms with E-state index in [0.29, 0.717) is 5.56 Å². The van der Waals surface area contributed by atoms with E-state index in [0.717, 1.165) is 29.5 Å². The molecule has 1 aromatic heterocycles. The predicted octanol–water partition coefficient (Wildman–Crippen LogP) is 2.64. The molecular weight excluding hydrogens is 396 g/mol. The second-order valence-electron chi connectivity index (χ2n) is 6.59. The highest BCUT2D eigenvalue weighted by Gasteiger charge is 2.23. The molecule has 0 saturated heterocycles. The molecule has 0 spiro atoms. The zero-order valence-corrected chi connectivity index (χ0v) is 16.6. The number of hydrogen-bond donors (Lipinski definition) is 1. The number of aromatic nitrogens is 2. The van der Waals surface area contributed by atoms with E-state index in [-0.39, 0.29) is 4.90 Å². The molecule has 0 amide bonds. The maximum Gasteiger partial charge on any atom is 0.238 e. The Labute approximate surface area is 168 Å². The highest BCUT2D eigenvalue weighted by Crippen LogP contribution is 2.31. The number of anilines is 1. The molecule has 0 aliphatic carbocycles. The molecule has 0 radical (unpaired) electrons. The smallest absolute Gasteiger partial charge is 0.238 e. The fraction of sp³-hybridized carbons (Fsp3) is 0.150. The molecule has 28 heavy (non-hydrogen) atoms. The van der Waals surface area contributed by atoms with Gasteiger partial charge in [-0.05, 0) is 47.5 Å². The Kier molecular flexibility index (Phi) is 4.63. The minimum absolute atomic E-state index is 0.0635. The average Bonchev–Trinajstić information content (AvgIpc) is 3.21. The third-order valence-corrected chi connectivity index (χ3v) is 5.79. The van der Waals surface area contributed by atoms with Gasteiger partial charge < -0.3 is 4.90 Å². The number of nitrogens with two attached hydrogens (primary N) is 1. The molecule has 1 aliphatic heterocycles. The highest BCUT2D eigenvalue weighted by molar-refractivity contribution is 7.89. The Morgan fingerprint density at radius 2 is 1.79 bits per heavy atom. The van der Waals surface area contributed by atoms with Gasteiger partial charge in [0.2, 0.25) is 10.0 Å². The Morgan fingerprint density at radius 3 is 2.50 bits per heavy atom. The summed E-state index contributed by atoms with van der Waals surface area (Å²) in [6.07, 6.45) is 1.73. The maximum atomic E-state index is 11.3. The fourth-order valence-corrected chi connectivity index (χ4v) is 3.98. The summed E-state index contributed by atoms with van der Waals surface area (Å²) in [5.74, 6) is 7.13. The highest BCUT2D eigenvalue weighted by atomic mass is 35.5. The van der Waals surface area contributed by atoms with Gasteiger partial charge >= 0.3 is 0 Å². The molecule has 142 valence electrons. The lowest BCUT2D eigenvalue weighted by Gasteiger charge is -2.18. The predicted molar refractivity (Wildman–Crippen MR) is 108 cm³/mol. The molecule has 3 aromatic rings. The SMILES string of the molecule is Cn1ncc(C#Cc2ccc(S(N)(=O)=O)cc2)c1N1Cc2ccc(Cl)cc2C1. The van der Waals surface area contributed by atoms with E-state index in [1.54, 1.807) is 18.3 Å². The van der Waals surface area contributed by atoms with Crippen LogP contribution in [0.15, 0.2) is 53.6 Å². The summed E-state index contributed by atoms with van der Waals surface area (Å²) in [5.41, 5.74) is 3.94. The minimum Gasteiger partial charge on any atom is -0.347 e. The van der Waals surface area contributed by atoms with Gasteiger partial charge in [-0.1, -0.05) is 29.5 Å². The molecular formula is C20H17ClN4O2S. The minimum atomic E-state index is -3.71. The third kappa shape index (κ3) is 3.62. The van der Waals surface area contributed by atoms with Crippen molar-refractivity contribution < 1.29 is 8.42 Å². The first-order valence-electron chi connectivity index (χ1n) is 8.50. The van der Waals surface area contributed by atoms with Crippen LogP contribution in [0.5, 0.6) is 0 Å². The second kappa shape index (κ2) is 6.99. The standard InChI is InChI=1S/C20H17ClN4O2S/c1-24-20(25-12-16-6-7-18(21)10-17(16)13-25)15(11-23-24)5-2-14-3-8-19(9-4-14)28(22,26)27/h3-4,6-11H,12-13H2,1H3,(H2,22,26,27). The van der Waals surface area contributed by atoms with Crippen molar-refractivity contribution in [2.75, 3.05) is 4.90 Å². The number of nitrogens with zero attached hydrogens (tertiary/aromatic N) is 3. The van der Waals surface area contributed by atoms with E-state index in [4.69, 9.17) is 16.7 Å². The van der Waals surface area contributed by atoms with E-state index < -0.39 is 10.0 Å². The van der Waals surface area contributed by atoms with Crippen LogP contribution in [-0.4, -0.2) is 18.2 Å². The zero-order valence-electron chi connectivity index (χ0n) is 15.1. The summed E-state index contributed by atoms with van der Waals surface area (Å²) in [6, 6.07) is 12.1. The van der Waals surface area contributed by atoms with Crippen LogP contribution >= 0.6 is 11.6 Å². The van der Waals surface area contributed by atoms with Crippen LogP contribution in [0.4, 0.5) is 5.82 Å².